The van der Waals surface area contributed by atoms with Gasteiger partial charge in [0, 0.05) is 36.1 Å². The van der Waals surface area contributed by atoms with Crippen LogP contribution in [0.2, 0.25) is 0 Å². The molecule has 0 bridgehead atoms. The third kappa shape index (κ3) is 5.94. The highest BCUT2D eigenvalue weighted by atomic mass is 32.2. The largest absolute Gasteiger partial charge is 0.497 e. The second-order valence-corrected chi connectivity index (χ2v) is 9.76. The molecule has 9 heteroatoms. The second kappa shape index (κ2) is 11.5. The van der Waals surface area contributed by atoms with Crippen LogP contribution in [-0.4, -0.2) is 36.2 Å². The molecule has 4 rings (SSSR count). The first-order chi connectivity index (χ1) is 17.8. The minimum atomic E-state index is -0.336. The molecule has 3 aromatic carbocycles. The number of nitrogens with one attached hydrogen (secondary N) is 1. The van der Waals surface area contributed by atoms with E-state index in [1.165, 1.54) is 36.6 Å². The van der Waals surface area contributed by atoms with Gasteiger partial charge in [-0.25, -0.2) is 9.37 Å². The van der Waals surface area contributed by atoms with Crippen molar-refractivity contribution in [2.45, 2.75) is 24.8 Å². The van der Waals surface area contributed by atoms with Gasteiger partial charge in [0.1, 0.15) is 17.3 Å². The number of hydrogen-bond acceptors (Lipinski definition) is 6. The highest BCUT2D eigenvalue weighted by Gasteiger charge is 2.18. The summed E-state index contributed by atoms with van der Waals surface area (Å²) >= 11 is 1.22. The lowest BCUT2D eigenvalue weighted by Crippen LogP contribution is -2.27. The minimum Gasteiger partial charge on any atom is -0.497 e. The molecule has 1 amide bonds. The topological polar surface area (TPSA) is 82.4 Å². The number of aromatic nitrogens is 2. The SMILES string of the molecule is COc1cc(OC)cc(-n2c(SCc3ccccc3F)nc3cc(C(=O)NCC(C)C)ccc3c2=O)c1. The number of hydrogen-bond donors (Lipinski definition) is 1. The average molecular weight is 522 g/mol. The van der Waals surface area contributed by atoms with Crippen molar-refractivity contribution in [3.05, 3.63) is 88.0 Å². The molecule has 0 radical (unpaired) electrons. The number of halogens is 1. The molecule has 4 aromatic rings. The van der Waals surface area contributed by atoms with E-state index in [1.54, 1.807) is 54.6 Å². The highest BCUT2D eigenvalue weighted by molar-refractivity contribution is 7.98. The summed E-state index contributed by atoms with van der Waals surface area (Å²) in [4.78, 5) is 31.2. The first-order valence-corrected chi connectivity index (χ1v) is 12.7. The van der Waals surface area contributed by atoms with Gasteiger partial charge in [-0.1, -0.05) is 43.8 Å². The molecule has 0 aliphatic carbocycles. The van der Waals surface area contributed by atoms with Crippen LogP contribution in [0, 0.1) is 11.7 Å². The van der Waals surface area contributed by atoms with Gasteiger partial charge in [-0.05, 0) is 35.7 Å². The monoisotopic (exact) mass is 521 g/mol. The van der Waals surface area contributed by atoms with Crippen molar-refractivity contribution in [1.82, 2.24) is 14.9 Å². The molecule has 0 unspecified atom stereocenters. The summed E-state index contributed by atoms with van der Waals surface area (Å²) in [6.45, 7) is 4.56. The molecule has 7 nitrogen and oxygen atoms in total. The van der Waals surface area contributed by atoms with Crippen molar-refractivity contribution in [2.75, 3.05) is 20.8 Å². The molecule has 0 atom stereocenters. The zero-order valence-corrected chi connectivity index (χ0v) is 21.9. The third-order valence-electron chi connectivity index (χ3n) is 5.68. The molecule has 1 N–H and O–H groups in total. The smallest absolute Gasteiger partial charge is 0.266 e. The van der Waals surface area contributed by atoms with E-state index in [-0.39, 0.29) is 23.0 Å². The Bertz CT molecular complexity index is 1480. The zero-order chi connectivity index (χ0) is 26.5. The number of methoxy groups -OCH3 is 2. The van der Waals surface area contributed by atoms with Crippen molar-refractivity contribution in [3.63, 3.8) is 0 Å². The summed E-state index contributed by atoms with van der Waals surface area (Å²) in [6.07, 6.45) is 0. The second-order valence-electron chi connectivity index (χ2n) is 8.82. The Labute approximate surface area is 218 Å². The maximum absolute atomic E-state index is 14.3. The van der Waals surface area contributed by atoms with Crippen LogP contribution in [0.4, 0.5) is 4.39 Å². The molecular formula is C28H28FN3O4S. The number of thioether (sulfide) groups is 1. The fourth-order valence-corrected chi connectivity index (χ4v) is 4.71. The van der Waals surface area contributed by atoms with E-state index in [1.807, 2.05) is 13.8 Å². The molecule has 37 heavy (non-hydrogen) atoms. The summed E-state index contributed by atoms with van der Waals surface area (Å²) < 4.78 is 26.6. The highest BCUT2D eigenvalue weighted by Crippen LogP contribution is 2.30. The molecule has 0 saturated heterocycles. The van der Waals surface area contributed by atoms with Crippen LogP contribution in [0.25, 0.3) is 16.6 Å². The predicted octanol–water partition coefficient (Wildman–Crippen LogP) is 5.22. The fourth-order valence-electron chi connectivity index (χ4n) is 3.71. The van der Waals surface area contributed by atoms with E-state index in [4.69, 9.17) is 14.5 Å². The van der Waals surface area contributed by atoms with E-state index in [0.29, 0.717) is 56.8 Å². The first-order valence-electron chi connectivity index (χ1n) is 11.8. The number of rotatable bonds is 9. The van der Waals surface area contributed by atoms with Crippen LogP contribution in [-0.2, 0) is 5.75 Å². The Hall–Kier alpha value is -3.85. The van der Waals surface area contributed by atoms with Crippen molar-refractivity contribution < 1.29 is 18.7 Å². The van der Waals surface area contributed by atoms with Crippen molar-refractivity contribution >= 4 is 28.6 Å². The molecule has 0 spiro atoms. The lowest BCUT2D eigenvalue weighted by Gasteiger charge is -2.16. The number of fused-ring (bicyclic) bond motifs is 1. The maximum atomic E-state index is 14.3. The molecule has 1 heterocycles. The Balaban J connectivity index is 1.86. The number of nitrogens with zero attached hydrogens (tertiary/aromatic N) is 2. The summed E-state index contributed by atoms with van der Waals surface area (Å²) in [5.74, 6) is 0.986. The van der Waals surface area contributed by atoms with Crippen LogP contribution in [0.3, 0.4) is 0 Å². The van der Waals surface area contributed by atoms with Gasteiger partial charge in [0.25, 0.3) is 11.5 Å². The Morgan fingerprint density at radius 1 is 1.05 bits per heavy atom. The van der Waals surface area contributed by atoms with Gasteiger partial charge in [-0.15, -0.1) is 0 Å². The lowest BCUT2D eigenvalue weighted by molar-refractivity contribution is 0.0949. The number of benzene rings is 3. The summed E-state index contributed by atoms with van der Waals surface area (Å²) in [6, 6.07) is 16.4. The Morgan fingerprint density at radius 3 is 2.41 bits per heavy atom. The Morgan fingerprint density at radius 2 is 1.76 bits per heavy atom. The molecule has 0 fully saturated rings. The molecule has 192 valence electrons. The summed E-state index contributed by atoms with van der Waals surface area (Å²) in [5.41, 5.74) is 1.43. The quantitative estimate of drug-likeness (QED) is 0.240. The Kier molecular flexibility index (Phi) is 8.13. The van der Waals surface area contributed by atoms with Crippen LogP contribution in [0.1, 0.15) is 29.8 Å². The van der Waals surface area contributed by atoms with Crippen molar-refractivity contribution in [1.29, 1.82) is 0 Å². The van der Waals surface area contributed by atoms with Gasteiger partial charge >= 0.3 is 0 Å². The van der Waals surface area contributed by atoms with Gasteiger partial charge in [0.15, 0.2) is 5.16 Å². The number of carbonyl (C=O) groups excluding carboxylic acids is 1. The van der Waals surface area contributed by atoms with E-state index >= 15 is 0 Å². The molecular weight excluding hydrogens is 493 g/mol. The minimum absolute atomic E-state index is 0.236. The molecule has 0 aliphatic rings. The maximum Gasteiger partial charge on any atom is 0.266 e. The summed E-state index contributed by atoms with van der Waals surface area (Å²) in [7, 11) is 3.05. The molecule has 0 aliphatic heterocycles. The van der Waals surface area contributed by atoms with E-state index in [2.05, 4.69) is 5.32 Å². The number of ether oxygens (including phenoxy) is 2. The van der Waals surface area contributed by atoms with E-state index in [0.717, 1.165) is 0 Å². The fraction of sp³-hybridized carbons (Fsp3) is 0.250. The van der Waals surface area contributed by atoms with Gasteiger partial charge < -0.3 is 14.8 Å². The predicted molar refractivity (Wildman–Crippen MR) is 144 cm³/mol. The lowest BCUT2D eigenvalue weighted by atomic mass is 10.1. The van der Waals surface area contributed by atoms with Crippen molar-refractivity contribution in [3.8, 4) is 17.2 Å². The normalized spacial score (nSPS) is 11.1. The standard InChI is InChI=1S/C28H28FN3O4S/c1-17(2)15-30-26(33)18-9-10-23-25(11-18)31-28(37-16-19-7-5-6-8-24(19)29)32(27(23)34)20-12-21(35-3)14-22(13-20)36-4/h5-14,17H,15-16H2,1-4H3,(H,30,33). The zero-order valence-electron chi connectivity index (χ0n) is 21.1. The number of amides is 1. The molecule has 1 aromatic heterocycles. The van der Waals surface area contributed by atoms with E-state index in [9.17, 15) is 14.0 Å². The number of carbonyl (C=O) groups is 1. The van der Waals surface area contributed by atoms with Crippen LogP contribution >= 0.6 is 11.8 Å². The molecule has 0 saturated carbocycles. The van der Waals surface area contributed by atoms with Gasteiger partial charge in [0.2, 0.25) is 0 Å². The van der Waals surface area contributed by atoms with Gasteiger partial charge in [-0.3, -0.25) is 14.2 Å². The van der Waals surface area contributed by atoms with Crippen LogP contribution < -0.4 is 20.3 Å². The third-order valence-corrected chi connectivity index (χ3v) is 6.67. The van der Waals surface area contributed by atoms with Gasteiger partial charge in [0.05, 0.1) is 30.8 Å². The first kappa shape index (κ1) is 26.2. The van der Waals surface area contributed by atoms with Gasteiger partial charge in [-0.2, -0.15) is 0 Å². The average Bonchev–Trinajstić information content (AvgIpc) is 2.90. The summed E-state index contributed by atoms with van der Waals surface area (Å²) in [5, 5.41) is 3.57. The van der Waals surface area contributed by atoms with Crippen molar-refractivity contribution in [2.24, 2.45) is 5.92 Å². The van der Waals surface area contributed by atoms with E-state index < -0.39 is 0 Å². The van der Waals surface area contributed by atoms with Crippen LogP contribution in [0.5, 0.6) is 11.5 Å². The van der Waals surface area contributed by atoms with Crippen LogP contribution in [0.15, 0.2) is 70.6 Å².